The van der Waals surface area contributed by atoms with E-state index in [9.17, 15) is 8.42 Å². The van der Waals surface area contributed by atoms with Gasteiger partial charge in [-0.25, -0.2) is 12.7 Å². The van der Waals surface area contributed by atoms with Gasteiger partial charge in [-0.1, -0.05) is 32.4 Å². The molecule has 0 unspecified atom stereocenters. The molecule has 0 heterocycles. The minimum atomic E-state index is -3.38. The molecule has 0 atom stereocenters. The fraction of sp³-hybridized carbons (Fsp3) is 0.600. The first-order valence-corrected chi connectivity index (χ1v) is 8.64. The maximum atomic E-state index is 12.6. The molecule has 20 heavy (non-hydrogen) atoms. The van der Waals surface area contributed by atoms with Crippen LogP contribution in [0.2, 0.25) is 0 Å². The van der Waals surface area contributed by atoms with Gasteiger partial charge in [-0.05, 0) is 37.1 Å². The van der Waals surface area contributed by atoms with E-state index in [1.165, 1.54) is 4.31 Å². The van der Waals surface area contributed by atoms with Crippen LogP contribution in [0, 0.1) is 6.92 Å². The smallest absolute Gasteiger partial charge is 0.243 e. The number of sulfonamides is 1. The summed E-state index contributed by atoms with van der Waals surface area (Å²) in [6, 6.07) is 5.64. The van der Waals surface area contributed by atoms with E-state index in [1.807, 2.05) is 26.0 Å². The Morgan fingerprint density at radius 3 is 2.55 bits per heavy atom. The number of aryl methyl sites for hydroxylation is 1. The summed E-state index contributed by atoms with van der Waals surface area (Å²) in [6.45, 7) is 8.06. The standard InChI is InChI=1S/C15H26N2O2S/c1-5-7-10-17(4)20(18,19)15-11-14(12-16-6-2)9-8-13(15)3/h8-9,11,16H,5-7,10,12H2,1-4H3. The molecule has 1 aromatic carbocycles. The fourth-order valence-corrected chi connectivity index (χ4v) is 3.45. The third-order valence-corrected chi connectivity index (χ3v) is 5.35. The first kappa shape index (κ1) is 17.1. The van der Waals surface area contributed by atoms with Gasteiger partial charge in [0, 0.05) is 20.1 Å². The zero-order chi connectivity index (χ0) is 15.2. The minimum Gasteiger partial charge on any atom is -0.313 e. The van der Waals surface area contributed by atoms with Crippen molar-refractivity contribution in [3.05, 3.63) is 29.3 Å². The van der Waals surface area contributed by atoms with E-state index in [2.05, 4.69) is 12.2 Å². The van der Waals surface area contributed by atoms with Crippen LogP contribution in [0.1, 0.15) is 37.8 Å². The molecule has 114 valence electrons. The van der Waals surface area contributed by atoms with Crippen molar-refractivity contribution in [3.63, 3.8) is 0 Å². The Morgan fingerprint density at radius 2 is 1.95 bits per heavy atom. The zero-order valence-corrected chi connectivity index (χ0v) is 13.8. The van der Waals surface area contributed by atoms with E-state index in [-0.39, 0.29) is 0 Å². The van der Waals surface area contributed by atoms with Crippen molar-refractivity contribution in [2.45, 2.75) is 45.1 Å². The van der Waals surface area contributed by atoms with Crippen LogP contribution in [-0.4, -0.2) is 32.9 Å². The van der Waals surface area contributed by atoms with E-state index < -0.39 is 10.0 Å². The Hall–Kier alpha value is -0.910. The lowest BCUT2D eigenvalue weighted by Crippen LogP contribution is -2.28. The highest BCUT2D eigenvalue weighted by Gasteiger charge is 2.22. The summed E-state index contributed by atoms with van der Waals surface area (Å²) in [7, 11) is -1.73. The maximum absolute atomic E-state index is 12.6. The highest BCUT2D eigenvalue weighted by Crippen LogP contribution is 2.21. The highest BCUT2D eigenvalue weighted by molar-refractivity contribution is 7.89. The molecule has 0 bridgehead atoms. The van der Waals surface area contributed by atoms with Crippen LogP contribution in [0.25, 0.3) is 0 Å². The number of hydrogen-bond acceptors (Lipinski definition) is 3. The third kappa shape index (κ3) is 4.30. The molecular weight excluding hydrogens is 272 g/mol. The Kier molecular flexibility index (Phi) is 6.65. The Balaban J connectivity index is 3.03. The Labute approximate surface area is 123 Å². The monoisotopic (exact) mass is 298 g/mol. The Morgan fingerprint density at radius 1 is 1.25 bits per heavy atom. The number of nitrogens with one attached hydrogen (secondary N) is 1. The van der Waals surface area contributed by atoms with E-state index in [4.69, 9.17) is 0 Å². The van der Waals surface area contributed by atoms with E-state index in [1.54, 1.807) is 13.1 Å². The number of unbranched alkanes of at least 4 members (excludes halogenated alkanes) is 1. The molecule has 1 aromatic rings. The average molecular weight is 298 g/mol. The van der Waals surface area contributed by atoms with Gasteiger partial charge in [0.2, 0.25) is 10.0 Å². The van der Waals surface area contributed by atoms with Gasteiger partial charge in [0.25, 0.3) is 0 Å². The SMILES string of the molecule is CCCCN(C)S(=O)(=O)c1cc(CNCC)ccc1C. The summed E-state index contributed by atoms with van der Waals surface area (Å²) in [5.41, 5.74) is 1.80. The Bertz CT molecular complexity index is 527. The van der Waals surface area contributed by atoms with Crippen molar-refractivity contribution in [2.75, 3.05) is 20.1 Å². The van der Waals surface area contributed by atoms with Gasteiger partial charge in [0.05, 0.1) is 4.90 Å². The van der Waals surface area contributed by atoms with Gasteiger partial charge in [-0.3, -0.25) is 0 Å². The number of rotatable bonds is 8. The molecule has 0 fully saturated rings. The molecule has 0 saturated heterocycles. The lowest BCUT2D eigenvalue weighted by atomic mass is 10.1. The molecular formula is C15H26N2O2S. The molecule has 0 spiro atoms. The number of nitrogens with zero attached hydrogens (tertiary/aromatic N) is 1. The van der Waals surface area contributed by atoms with Crippen LogP contribution in [-0.2, 0) is 16.6 Å². The van der Waals surface area contributed by atoms with Crippen molar-refractivity contribution in [1.82, 2.24) is 9.62 Å². The van der Waals surface area contributed by atoms with Crippen molar-refractivity contribution in [3.8, 4) is 0 Å². The molecule has 0 aliphatic rings. The third-order valence-electron chi connectivity index (χ3n) is 3.35. The summed E-state index contributed by atoms with van der Waals surface area (Å²) in [5.74, 6) is 0. The van der Waals surface area contributed by atoms with Crippen LogP contribution < -0.4 is 5.32 Å². The molecule has 5 heteroatoms. The van der Waals surface area contributed by atoms with Gasteiger partial charge in [0.1, 0.15) is 0 Å². The first-order chi connectivity index (χ1) is 9.43. The van der Waals surface area contributed by atoms with E-state index in [0.717, 1.165) is 30.5 Å². The second-order valence-corrected chi connectivity index (χ2v) is 7.07. The summed E-state index contributed by atoms with van der Waals surface area (Å²) in [4.78, 5) is 0.423. The molecule has 1 N–H and O–H groups in total. The second kappa shape index (κ2) is 7.76. The molecule has 0 aromatic heterocycles. The lowest BCUT2D eigenvalue weighted by Gasteiger charge is -2.19. The predicted octanol–water partition coefficient (Wildman–Crippen LogP) is 2.53. The van der Waals surface area contributed by atoms with Gasteiger partial charge >= 0.3 is 0 Å². The van der Waals surface area contributed by atoms with E-state index >= 15 is 0 Å². The average Bonchev–Trinajstić information content (AvgIpc) is 2.43. The van der Waals surface area contributed by atoms with Crippen LogP contribution in [0.5, 0.6) is 0 Å². The number of hydrogen-bond donors (Lipinski definition) is 1. The van der Waals surface area contributed by atoms with Gasteiger partial charge in [-0.15, -0.1) is 0 Å². The van der Waals surface area contributed by atoms with Crippen LogP contribution in [0.4, 0.5) is 0 Å². The molecule has 0 radical (unpaired) electrons. The van der Waals surface area contributed by atoms with Gasteiger partial charge < -0.3 is 5.32 Å². The predicted molar refractivity (Wildman–Crippen MR) is 83.3 cm³/mol. The summed E-state index contributed by atoms with van der Waals surface area (Å²) in [5, 5.41) is 3.22. The molecule has 0 saturated carbocycles. The fourth-order valence-electron chi connectivity index (χ4n) is 1.97. The molecule has 1 rings (SSSR count). The van der Waals surface area contributed by atoms with Crippen LogP contribution in [0.3, 0.4) is 0 Å². The topological polar surface area (TPSA) is 49.4 Å². The molecule has 0 amide bonds. The summed E-state index contributed by atoms with van der Waals surface area (Å²) < 4.78 is 26.6. The van der Waals surface area contributed by atoms with Crippen molar-refractivity contribution in [1.29, 1.82) is 0 Å². The number of benzene rings is 1. The summed E-state index contributed by atoms with van der Waals surface area (Å²) in [6.07, 6.45) is 1.87. The second-order valence-electron chi connectivity index (χ2n) is 5.06. The first-order valence-electron chi connectivity index (χ1n) is 7.20. The van der Waals surface area contributed by atoms with Crippen LogP contribution in [0.15, 0.2) is 23.1 Å². The lowest BCUT2D eigenvalue weighted by molar-refractivity contribution is 0.459. The van der Waals surface area contributed by atoms with Crippen molar-refractivity contribution < 1.29 is 8.42 Å². The summed E-state index contributed by atoms with van der Waals surface area (Å²) >= 11 is 0. The minimum absolute atomic E-state index is 0.423. The molecule has 0 aliphatic carbocycles. The normalized spacial score (nSPS) is 12.1. The molecule has 0 aliphatic heterocycles. The van der Waals surface area contributed by atoms with Gasteiger partial charge in [-0.2, -0.15) is 0 Å². The van der Waals surface area contributed by atoms with Crippen molar-refractivity contribution >= 4 is 10.0 Å². The highest BCUT2D eigenvalue weighted by atomic mass is 32.2. The largest absolute Gasteiger partial charge is 0.313 e. The maximum Gasteiger partial charge on any atom is 0.243 e. The quantitative estimate of drug-likeness (QED) is 0.802. The van der Waals surface area contributed by atoms with Gasteiger partial charge in [0.15, 0.2) is 0 Å². The zero-order valence-electron chi connectivity index (χ0n) is 12.9. The van der Waals surface area contributed by atoms with Crippen LogP contribution >= 0.6 is 0 Å². The molecule has 4 nitrogen and oxygen atoms in total. The van der Waals surface area contributed by atoms with Crippen molar-refractivity contribution in [2.24, 2.45) is 0 Å². The van der Waals surface area contributed by atoms with E-state index in [0.29, 0.717) is 18.0 Å².